The molecule has 0 saturated carbocycles. The van der Waals surface area contributed by atoms with Crippen molar-refractivity contribution in [3.63, 3.8) is 0 Å². The molecule has 8 heteroatoms. The Balaban J connectivity index is 0.972. The van der Waals surface area contributed by atoms with Gasteiger partial charge in [0, 0.05) is 44.5 Å². The van der Waals surface area contributed by atoms with Crippen LogP contribution in [0.1, 0.15) is 0 Å². The van der Waals surface area contributed by atoms with Crippen LogP contribution >= 0.6 is 11.3 Å². The highest BCUT2D eigenvalue weighted by Crippen LogP contribution is 2.40. The van der Waals surface area contributed by atoms with Crippen molar-refractivity contribution in [3.05, 3.63) is 164 Å². The minimum atomic E-state index is 0.596. The van der Waals surface area contributed by atoms with Crippen molar-refractivity contribution in [2.45, 2.75) is 0 Å². The van der Waals surface area contributed by atoms with Crippen LogP contribution in [0.25, 0.3) is 87.3 Å². The fourth-order valence-electron chi connectivity index (χ4n) is 7.19. The summed E-state index contributed by atoms with van der Waals surface area (Å²) in [5.41, 5.74) is 11.4. The van der Waals surface area contributed by atoms with Gasteiger partial charge >= 0.3 is 0 Å². The standard InChI is InChI=1S/C46H27N5O2S/c1-3-7-40-38(5-1)49-45(52-40)28-11-17-34(18-12-28)51(35-19-13-29(14-20-35)46-50-39-6-2-4-8-41(39)53-46)36-21-15-31-23-30(9-10-32(31)24-36)33-16-22-37-42(25-33)54-43-26-47-27-48-44(37)43/h1-27H. The summed E-state index contributed by atoms with van der Waals surface area (Å²) >= 11 is 1.73. The quantitative estimate of drug-likeness (QED) is 0.170. The van der Waals surface area contributed by atoms with Crippen molar-refractivity contribution in [2.24, 2.45) is 0 Å². The molecule has 0 unspecified atom stereocenters. The van der Waals surface area contributed by atoms with Gasteiger partial charge in [0.25, 0.3) is 0 Å². The zero-order valence-electron chi connectivity index (χ0n) is 28.5. The molecule has 0 atom stereocenters. The number of fused-ring (bicyclic) bond motifs is 6. The Labute approximate surface area is 312 Å². The van der Waals surface area contributed by atoms with Gasteiger partial charge in [0.2, 0.25) is 11.8 Å². The largest absolute Gasteiger partial charge is 0.436 e. The molecule has 4 heterocycles. The van der Waals surface area contributed by atoms with Crippen LogP contribution in [0.4, 0.5) is 17.1 Å². The van der Waals surface area contributed by atoms with Crippen molar-refractivity contribution >= 4 is 81.7 Å². The maximum absolute atomic E-state index is 6.08. The molecule has 0 aliphatic rings. The minimum absolute atomic E-state index is 0.596. The number of para-hydroxylation sites is 4. The van der Waals surface area contributed by atoms with Gasteiger partial charge in [-0.05, 0) is 119 Å². The zero-order valence-corrected chi connectivity index (χ0v) is 29.4. The Kier molecular flexibility index (Phi) is 6.90. The van der Waals surface area contributed by atoms with Crippen molar-refractivity contribution in [3.8, 4) is 34.0 Å². The van der Waals surface area contributed by atoms with Gasteiger partial charge in [0.15, 0.2) is 11.2 Å². The van der Waals surface area contributed by atoms with Crippen LogP contribution in [0.3, 0.4) is 0 Å². The van der Waals surface area contributed by atoms with E-state index in [1.54, 1.807) is 17.7 Å². The number of hydrogen-bond donors (Lipinski definition) is 0. The molecule has 54 heavy (non-hydrogen) atoms. The monoisotopic (exact) mass is 713 g/mol. The number of rotatable bonds is 6. The summed E-state index contributed by atoms with van der Waals surface area (Å²) in [6.07, 6.45) is 3.51. The van der Waals surface area contributed by atoms with E-state index in [0.29, 0.717) is 11.8 Å². The molecular weight excluding hydrogens is 687 g/mol. The van der Waals surface area contributed by atoms with Gasteiger partial charge in [-0.15, -0.1) is 11.3 Å². The van der Waals surface area contributed by atoms with Crippen LogP contribution in [0.5, 0.6) is 0 Å². The average molecular weight is 714 g/mol. The molecule has 0 N–H and O–H groups in total. The van der Waals surface area contributed by atoms with Gasteiger partial charge in [-0.1, -0.05) is 54.6 Å². The van der Waals surface area contributed by atoms with Gasteiger partial charge in [0.1, 0.15) is 17.4 Å². The van der Waals surface area contributed by atoms with Crippen molar-refractivity contribution in [1.82, 2.24) is 19.9 Å². The lowest BCUT2D eigenvalue weighted by Crippen LogP contribution is -2.09. The topological polar surface area (TPSA) is 81.1 Å². The second kappa shape index (κ2) is 12.2. The number of anilines is 3. The lowest BCUT2D eigenvalue weighted by molar-refractivity contribution is 0.619. The molecule has 0 aliphatic carbocycles. The molecule has 7 aromatic carbocycles. The minimum Gasteiger partial charge on any atom is -0.436 e. The molecule has 11 rings (SSSR count). The number of aromatic nitrogens is 4. The van der Waals surface area contributed by atoms with E-state index in [0.717, 1.165) is 76.8 Å². The van der Waals surface area contributed by atoms with Crippen LogP contribution in [0.2, 0.25) is 0 Å². The molecule has 0 fully saturated rings. The molecule has 0 bridgehead atoms. The normalized spacial score (nSPS) is 11.7. The first-order chi connectivity index (χ1) is 26.7. The first-order valence-electron chi connectivity index (χ1n) is 17.6. The van der Waals surface area contributed by atoms with Crippen molar-refractivity contribution < 1.29 is 8.83 Å². The number of benzene rings is 7. The lowest BCUT2D eigenvalue weighted by atomic mass is 10.00. The van der Waals surface area contributed by atoms with E-state index >= 15 is 0 Å². The first-order valence-corrected chi connectivity index (χ1v) is 18.4. The fraction of sp³-hybridized carbons (Fsp3) is 0. The van der Waals surface area contributed by atoms with E-state index in [-0.39, 0.29) is 0 Å². The van der Waals surface area contributed by atoms with E-state index in [4.69, 9.17) is 18.8 Å². The summed E-state index contributed by atoms with van der Waals surface area (Å²) in [5, 5.41) is 3.47. The molecule has 11 aromatic rings. The van der Waals surface area contributed by atoms with Crippen LogP contribution in [0.15, 0.2) is 173 Å². The van der Waals surface area contributed by atoms with Gasteiger partial charge in [-0.25, -0.2) is 19.9 Å². The molecule has 254 valence electrons. The Bertz CT molecular complexity index is 3000. The maximum atomic E-state index is 6.08. The zero-order chi connectivity index (χ0) is 35.6. The van der Waals surface area contributed by atoms with E-state index in [1.807, 2.05) is 54.7 Å². The molecule has 0 saturated heterocycles. The summed E-state index contributed by atoms with van der Waals surface area (Å²) in [6, 6.07) is 52.3. The Morgan fingerprint density at radius 2 is 1.04 bits per heavy atom. The number of oxazole rings is 2. The van der Waals surface area contributed by atoms with Gasteiger partial charge < -0.3 is 13.7 Å². The SMILES string of the molecule is c1ccc2oc(-c3ccc(N(c4ccc(-c5nc6ccccc6o5)cc4)c4ccc5cc(-c6ccc7c(c6)sc6cncnc67)ccc5c4)cc3)nc2c1. The molecule has 7 nitrogen and oxygen atoms in total. The summed E-state index contributed by atoms with van der Waals surface area (Å²) in [7, 11) is 0. The predicted octanol–water partition coefficient (Wildman–Crippen LogP) is 12.8. The van der Waals surface area contributed by atoms with Crippen molar-refractivity contribution in [1.29, 1.82) is 0 Å². The highest BCUT2D eigenvalue weighted by molar-refractivity contribution is 7.25. The third-order valence-electron chi connectivity index (χ3n) is 9.88. The van der Waals surface area contributed by atoms with Crippen LogP contribution in [-0.4, -0.2) is 19.9 Å². The number of hydrogen-bond acceptors (Lipinski definition) is 8. The molecular formula is C46H27N5O2S. The molecule has 0 aliphatic heterocycles. The number of nitrogens with zero attached hydrogens (tertiary/aromatic N) is 5. The second-order valence-electron chi connectivity index (χ2n) is 13.2. The van der Waals surface area contributed by atoms with Gasteiger partial charge in [0.05, 0.1) is 10.2 Å². The highest BCUT2D eigenvalue weighted by Gasteiger charge is 2.17. The second-order valence-corrected chi connectivity index (χ2v) is 14.3. The Morgan fingerprint density at radius 1 is 0.481 bits per heavy atom. The van der Waals surface area contributed by atoms with Gasteiger partial charge in [-0.2, -0.15) is 0 Å². The van der Waals surface area contributed by atoms with E-state index in [2.05, 4.69) is 118 Å². The molecule has 4 aromatic heterocycles. The summed E-state index contributed by atoms with van der Waals surface area (Å²) < 4.78 is 14.5. The summed E-state index contributed by atoms with van der Waals surface area (Å²) in [5.74, 6) is 1.19. The van der Waals surface area contributed by atoms with E-state index in [9.17, 15) is 0 Å². The fourth-order valence-corrected chi connectivity index (χ4v) is 8.26. The lowest BCUT2D eigenvalue weighted by Gasteiger charge is -2.26. The summed E-state index contributed by atoms with van der Waals surface area (Å²) in [4.78, 5) is 20.4. The van der Waals surface area contributed by atoms with E-state index in [1.165, 1.54) is 15.8 Å². The first kappa shape index (κ1) is 30.5. The van der Waals surface area contributed by atoms with Gasteiger partial charge in [-0.3, -0.25) is 0 Å². The molecule has 0 spiro atoms. The molecule has 0 radical (unpaired) electrons. The van der Waals surface area contributed by atoms with Crippen molar-refractivity contribution in [2.75, 3.05) is 4.90 Å². The average Bonchev–Trinajstić information content (AvgIpc) is 3.96. The van der Waals surface area contributed by atoms with E-state index < -0.39 is 0 Å². The smallest absolute Gasteiger partial charge is 0.227 e. The van der Waals surface area contributed by atoms with Crippen LogP contribution in [0, 0.1) is 0 Å². The predicted molar refractivity (Wildman–Crippen MR) is 219 cm³/mol. The maximum Gasteiger partial charge on any atom is 0.227 e. The third-order valence-corrected chi connectivity index (χ3v) is 11.0. The Hall–Kier alpha value is -7.16. The molecule has 0 amide bonds. The Morgan fingerprint density at radius 3 is 1.70 bits per heavy atom. The summed E-state index contributed by atoms with van der Waals surface area (Å²) in [6.45, 7) is 0. The highest BCUT2D eigenvalue weighted by atomic mass is 32.1. The third kappa shape index (κ3) is 5.19. The number of thiophene rings is 1. The van der Waals surface area contributed by atoms with Crippen LogP contribution in [-0.2, 0) is 0 Å². The van der Waals surface area contributed by atoms with Crippen LogP contribution < -0.4 is 4.90 Å².